The Morgan fingerprint density at radius 1 is 1.29 bits per heavy atom. The molecule has 0 saturated heterocycles. The van der Waals surface area contributed by atoms with Crippen LogP contribution in [-0.2, 0) is 4.79 Å². The lowest BCUT2D eigenvalue weighted by Crippen LogP contribution is -2.11. The molecule has 1 saturated carbocycles. The topological polar surface area (TPSA) is 43.1 Å². The van der Waals surface area contributed by atoms with Gasteiger partial charge in [0, 0.05) is 6.42 Å². The zero-order valence-corrected chi connectivity index (χ0v) is 9.88. The van der Waals surface area contributed by atoms with Gasteiger partial charge in [-0.05, 0) is 18.3 Å². The highest BCUT2D eigenvalue weighted by atomic mass is 16.1. The highest BCUT2D eigenvalue weighted by Crippen LogP contribution is 2.28. The van der Waals surface area contributed by atoms with E-state index in [2.05, 4.69) is 20.8 Å². The minimum atomic E-state index is -0.146. The number of hydrogen-bond donors (Lipinski definition) is 1. The van der Waals surface area contributed by atoms with Crippen molar-refractivity contribution in [1.82, 2.24) is 0 Å². The van der Waals surface area contributed by atoms with Crippen LogP contribution in [0, 0.1) is 11.8 Å². The Kier molecular flexibility index (Phi) is 7.54. The average molecular weight is 199 g/mol. The van der Waals surface area contributed by atoms with Gasteiger partial charge in [-0.1, -0.05) is 46.5 Å². The zero-order valence-electron chi connectivity index (χ0n) is 9.88. The van der Waals surface area contributed by atoms with E-state index in [0.29, 0.717) is 6.42 Å². The van der Waals surface area contributed by atoms with E-state index < -0.39 is 0 Å². The Hall–Kier alpha value is -0.530. The maximum Gasteiger partial charge on any atom is 0.217 e. The number of carbonyl (C=O) groups is 1. The second-order valence-corrected chi connectivity index (χ2v) is 4.89. The van der Waals surface area contributed by atoms with Gasteiger partial charge in [-0.25, -0.2) is 0 Å². The normalized spacial score (nSPS) is 16.6. The van der Waals surface area contributed by atoms with Crippen molar-refractivity contribution in [2.24, 2.45) is 17.6 Å². The lowest BCUT2D eigenvalue weighted by molar-refractivity contribution is -0.118. The van der Waals surface area contributed by atoms with Crippen LogP contribution in [0.15, 0.2) is 0 Å². The Balaban J connectivity index is 0.000000364. The number of primary amides is 1. The molecule has 0 bridgehead atoms. The molecule has 0 aromatic heterocycles. The monoisotopic (exact) mass is 199 g/mol. The summed E-state index contributed by atoms with van der Waals surface area (Å²) in [5.41, 5.74) is 5.03. The van der Waals surface area contributed by atoms with Crippen LogP contribution in [0.5, 0.6) is 0 Å². The van der Waals surface area contributed by atoms with E-state index in [-0.39, 0.29) is 5.91 Å². The van der Waals surface area contributed by atoms with E-state index >= 15 is 0 Å². The minimum absolute atomic E-state index is 0.146. The van der Waals surface area contributed by atoms with Gasteiger partial charge in [-0.2, -0.15) is 0 Å². The van der Waals surface area contributed by atoms with Crippen molar-refractivity contribution in [3.05, 3.63) is 0 Å². The maximum atomic E-state index is 10.4. The molecule has 0 radical (unpaired) electrons. The Labute approximate surface area is 88.3 Å². The molecule has 0 atom stereocenters. The number of amides is 1. The van der Waals surface area contributed by atoms with Crippen molar-refractivity contribution >= 4 is 5.91 Å². The summed E-state index contributed by atoms with van der Waals surface area (Å²) in [6.45, 7) is 6.50. The van der Waals surface area contributed by atoms with Crippen molar-refractivity contribution in [2.45, 2.75) is 59.3 Å². The molecule has 0 aliphatic heterocycles. The molecule has 0 unspecified atom stereocenters. The third kappa shape index (κ3) is 9.56. The van der Waals surface area contributed by atoms with Gasteiger partial charge in [0.1, 0.15) is 0 Å². The molecule has 0 heterocycles. The third-order valence-corrected chi connectivity index (χ3v) is 2.27. The summed E-state index contributed by atoms with van der Waals surface area (Å²) in [6, 6.07) is 0. The third-order valence-electron chi connectivity index (χ3n) is 2.27. The van der Waals surface area contributed by atoms with E-state index in [4.69, 9.17) is 5.73 Å². The van der Waals surface area contributed by atoms with E-state index in [9.17, 15) is 4.79 Å². The maximum absolute atomic E-state index is 10.4. The molecule has 0 aromatic carbocycles. The molecule has 1 fully saturated rings. The summed E-state index contributed by atoms with van der Waals surface area (Å²) in [7, 11) is 0. The van der Waals surface area contributed by atoms with E-state index in [1.807, 2.05) is 0 Å². The molecule has 84 valence electrons. The Bertz CT molecular complexity index is 146. The first kappa shape index (κ1) is 13.5. The largest absolute Gasteiger partial charge is 0.370 e. The van der Waals surface area contributed by atoms with Gasteiger partial charge in [0.2, 0.25) is 5.91 Å². The Morgan fingerprint density at radius 3 is 2.07 bits per heavy atom. The predicted octanol–water partition coefficient (Wildman–Crippen LogP) is 3.10. The lowest BCUT2D eigenvalue weighted by atomic mass is 10.0. The van der Waals surface area contributed by atoms with Crippen LogP contribution in [0.4, 0.5) is 0 Å². The minimum Gasteiger partial charge on any atom is -0.370 e. The van der Waals surface area contributed by atoms with Crippen LogP contribution in [0.25, 0.3) is 0 Å². The van der Waals surface area contributed by atoms with Gasteiger partial charge in [0.05, 0.1) is 0 Å². The molecule has 1 aliphatic carbocycles. The highest BCUT2D eigenvalue weighted by molar-refractivity contribution is 5.73. The van der Waals surface area contributed by atoms with E-state index in [0.717, 1.165) is 18.3 Å². The number of hydrogen-bond acceptors (Lipinski definition) is 1. The van der Waals surface area contributed by atoms with E-state index in [1.54, 1.807) is 0 Å². The van der Waals surface area contributed by atoms with Crippen LogP contribution in [0.3, 0.4) is 0 Å². The van der Waals surface area contributed by atoms with Crippen molar-refractivity contribution in [1.29, 1.82) is 0 Å². The van der Waals surface area contributed by atoms with E-state index in [1.165, 1.54) is 25.7 Å². The van der Waals surface area contributed by atoms with Crippen molar-refractivity contribution in [3.63, 3.8) is 0 Å². The quantitative estimate of drug-likeness (QED) is 0.745. The first-order valence-electron chi connectivity index (χ1n) is 5.80. The van der Waals surface area contributed by atoms with Gasteiger partial charge >= 0.3 is 0 Å². The van der Waals surface area contributed by atoms with Gasteiger partial charge in [-0.3, -0.25) is 4.79 Å². The fourth-order valence-corrected chi connectivity index (χ4v) is 1.65. The first-order chi connectivity index (χ1) is 6.52. The molecule has 1 amide bonds. The van der Waals surface area contributed by atoms with Gasteiger partial charge in [-0.15, -0.1) is 0 Å². The fourth-order valence-electron chi connectivity index (χ4n) is 1.65. The van der Waals surface area contributed by atoms with Crippen LogP contribution in [-0.4, -0.2) is 5.91 Å². The van der Waals surface area contributed by atoms with Crippen LogP contribution in [0.2, 0.25) is 0 Å². The van der Waals surface area contributed by atoms with Crippen molar-refractivity contribution in [2.75, 3.05) is 0 Å². The predicted molar refractivity (Wildman–Crippen MR) is 60.9 cm³/mol. The second kappa shape index (κ2) is 7.84. The van der Waals surface area contributed by atoms with Crippen LogP contribution >= 0.6 is 0 Å². The lowest BCUT2D eigenvalue weighted by Gasteiger charge is -2.04. The number of rotatable bonds is 3. The summed E-state index contributed by atoms with van der Waals surface area (Å²) in [6.07, 6.45) is 6.94. The molecule has 1 aliphatic rings. The van der Waals surface area contributed by atoms with Crippen molar-refractivity contribution in [3.8, 4) is 0 Å². The smallest absolute Gasteiger partial charge is 0.217 e. The summed E-state index contributed by atoms with van der Waals surface area (Å²) >= 11 is 0. The average Bonchev–Trinajstić information content (AvgIpc) is 2.51. The van der Waals surface area contributed by atoms with Gasteiger partial charge in [0.15, 0.2) is 0 Å². The molecule has 2 nitrogen and oxygen atoms in total. The zero-order chi connectivity index (χ0) is 11.0. The van der Waals surface area contributed by atoms with Gasteiger partial charge < -0.3 is 5.73 Å². The number of carbonyl (C=O) groups excluding carboxylic acids is 1. The SMILES string of the molecule is CC(C)C.NC(=O)CCC1CCCC1. The summed E-state index contributed by atoms with van der Waals surface area (Å²) in [5, 5.41) is 0. The summed E-state index contributed by atoms with van der Waals surface area (Å²) in [4.78, 5) is 10.4. The molecular formula is C12H25NO. The summed E-state index contributed by atoms with van der Waals surface area (Å²) < 4.78 is 0. The second-order valence-electron chi connectivity index (χ2n) is 4.89. The van der Waals surface area contributed by atoms with Crippen LogP contribution < -0.4 is 5.73 Å². The molecule has 0 aromatic rings. The Morgan fingerprint density at radius 2 is 1.71 bits per heavy atom. The first-order valence-corrected chi connectivity index (χ1v) is 5.80. The molecule has 2 N–H and O–H groups in total. The fraction of sp³-hybridized carbons (Fsp3) is 0.917. The number of nitrogens with two attached hydrogens (primary N) is 1. The molecule has 0 spiro atoms. The molecule has 1 rings (SSSR count). The molecule has 2 heteroatoms. The van der Waals surface area contributed by atoms with Gasteiger partial charge in [0.25, 0.3) is 0 Å². The summed E-state index contributed by atoms with van der Waals surface area (Å²) in [5.74, 6) is 1.49. The highest BCUT2D eigenvalue weighted by Gasteiger charge is 2.14. The van der Waals surface area contributed by atoms with Crippen molar-refractivity contribution < 1.29 is 4.79 Å². The molecule has 14 heavy (non-hydrogen) atoms. The van der Waals surface area contributed by atoms with Crippen LogP contribution in [0.1, 0.15) is 59.3 Å². The molecular weight excluding hydrogens is 174 g/mol. The standard InChI is InChI=1S/C8H15NO.C4H10/c9-8(10)6-5-7-3-1-2-4-7;1-4(2)3/h7H,1-6H2,(H2,9,10);4H,1-3H3.